The number of ether oxygens (including phenoxy) is 1. The Labute approximate surface area is 221 Å². The lowest BCUT2D eigenvalue weighted by molar-refractivity contribution is -0.384. The van der Waals surface area contributed by atoms with Crippen molar-refractivity contribution in [3.05, 3.63) is 56.5 Å². The number of benzene rings is 2. The van der Waals surface area contributed by atoms with Gasteiger partial charge in [-0.1, -0.05) is 27.3 Å². The van der Waals surface area contributed by atoms with Crippen molar-refractivity contribution in [1.29, 1.82) is 0 Å². The van der Waals surface area contributed by atoms with Gasteiger partial charge in [-0.3, -0.25) is 24.7 Å². The van der Waals surface area contributed by atoms with Crippen molar-refractivity contribution >= 4 is 59.9 Å². The second kappa shape index (κ2) is 11.2. The fourth-order valence-corrected chi connectivity index (χ4v) is 6.25. The molecule has 36 heavy (non-hydrogen) atoms. The van der Waals surface area contributed by atoms with Gasteiger partial charge in [0.15, 0.2) is 5.13 Å². The highest BCUT2D eigenvalue weighted by molar-refractivity contribution is 9.10. The first kappa shape index (κ1) is 25.1. The molecule has 2 aromatic carbocycles. The van der Waals surface area contributed by atoms with Gasteiger partial charge >= 0.3 is 0 Å². The second-order valence-electron chi connectivity index (χ2n) is 9.03. The van der Waals surface area contributed by atoms with E-state index in [1.54, 1.807) is 17.0 Å². The molecule has 0 unspecified atom stereocenters. The summed E-state index contributed by atoms with van der Waals surface area (Å²) in [4.78, 5) is 36.1. The Bertz CT molecular complexity index is 1260. The molecule has 0 N–H and O–H groups in total. The van der Waals surface area contributed by atoms with E-state index >= 15 is 0 Å². The molecule has 0 atom stereocenters. The van der Waals surface area contributed by atoms with Crippen molar-refractivity contribution < 1.29 is 14.5 Å². The average Bonchev–Trinajstić information content (AvgIpc) is 3.32. The molecule has 5 rings (SSSR count). The summed E-state index contributed by atoms with van der Waals surface area (Å²) < 4.78 is 7.36. The van der Waals surface area contributed by atoms with Gasteiger partial charge in [0.2, 0.25) is 0 Å². The maximum absolute atomic E-state index is 13.8. The number of anilines is 2. The molecule has 1 amide bonds. The zero-order chi connectivity index (χ0) is 25.1. The number of carbonyl (C=O) groups is 1. The lowest BCUT2D eigenvalue weighted by Gasteiger charge is -2.30. The molecule has 2 saturated heterocycles. The smallest absolute Gasteiger partial charge is 0.293 e. The highest BCUT2D eigenvalue weighted by Gasteiger charge is 2.27. The van der Waals surface area contributed by atoms with E-state index in [0.29, 0.717) is 42.7 Å². The molecule has 2 aliphatic heterocycles. The van der Waals surface area contributed by atoms with E-state index in [1.165, 1.54) is 17.4 Å². The number of rotatable bonds is 7. The quantitative estimate of drug-likeness (QED) is 0.292. The van der Waals surface area contributed by atoms with Gasteiger partial charge in [0.05, 0.1) is 28.4 Å². The molecular formula is C25H28BrN5O4S. The largest absolute Gasteiger partial charge is 0.379 e. The average molecular weight is 575 g/mol. The number of hydrogen-bond acceptors (Lipinski definition) is 8. The van der Waals surface area contributed by atoms with Crippen molar-refractivity contribution in [1.82, 2.24) is 9.88 Å². The molecule has 0 spiro atoms. The maximum Gasteiger partial charge on any atom is 0.293 e. The Morgan fingerprint density at radius 1 is 1.11 bits per heavy atom. The Balaban J connectivity index is 1.46. The van der Waals surface area contributed by atoms with E-state index in [2.05, 4.69) is 25.7 Å². The molecule has 0 bridgehead atoms. The summed E-state index contributed by atoms with van der Waals surface area (Å²) in [5, 5.41) is 12.6. The van der Waals surface area contributed by atoms with Gasteiger partial charge in [0, 0.05) is 55.4 Å². The lowest BCUT2D eigenvalue weighted by Crippen LogP contribution is -2.43. The van der Waals surface area contributed by atoms with E-state index in [0.717, 1.165) is 60.1 Å². The molecule has 190 valence electrons. The van der Waals surface area contributed by atoms with Crippen LogP contribution >= 0.6 is 27.3 Å². The minimum atomic E-state index is -0.381. The summed E-state index contributed by atoms with van der Waals surface area (Å²) in [7, 11) is 0. The van der Waals surface area contributed by atoms with Crippen LogP contribution in [0.5, 0.6) is 0 Å². The number of carbonyl (C=O) groups excluding carboxylic acids is 1. The van der Waals surface area contributed by atoms with Gasteiger partial charge in [-0.05, 0) is 49.6 Å². The normalized spacial score (nSPS) is 16.9. The fraction of sp³-hybridized carbons (Fsp3) is 0.440. The van der Waals surface area contributed by atoms with Crippen molar-refractivity contribution in [3.8, 4) is 0 Å². The third-order valence-corrected chi connectivity index (χ3v) is 8.21. The summed E-state index contributed by atoms with van der Waals surface area (Å²) in [6, 6.07) is 10.7. The van der Waals surface area contributed by atoms with Gasteiger partial charge in [-0.25, -0.2) is 4.98 Å². The number of aromatic nitrogens is 1. The minimum Gasteiger partial charge on any atom is -0.379 e. The number of nitro groups is 1. The first-order valence-electron chi connectivity index (χ1n) is 12.2. The van der Waals surface area contributed by atoms with Gasteiger partial charge in [0.25, 0.3) is 11.6 Å². The van der Waals surface area contributed by atoms with Gasteiger partial charge < -0.3 is 9.64 Å². The molecule has 3 aromatic rings. The van der Waals surface area contributed by atoms with Crippen LogP contribution < -0.4 is 9.80 Å². The van der Waals surface area contributed by atoms with E-state index in [1.807, 2.05) is 18.2 Å². The van der Waals surface area contributed by atoms with E-state index in [9.17, 15) is 14.9 Å². The summed E-state index contributed by atoms with van der Waals surface area (Å²) in [6.45, 7) is 5.66. The molecular weight excluding hydrogens is 546 g/mol. The molecule has 2 aliphatic rings. The van der Waals surface area contributed by atoms with Crippen molar-refractivity contribution in [2.45, 2.75) is 19.3 Å². The lowest BCUT2D eigenvalue weighted by atomic mass is 10.1. The predicted octanol–water partition coefficient (Wildman–Crippen LogP) is 4.94. The predicted molar refractivity (Wildman–Crippen MR) is 145 cm³/mol. The van der Waals surface area contributed by atoms with E-state index in [4.69, 9.17) is 9.72 Å². The van der Waals surface area contributed by atoms with Gasteiger partial charge in [-0.2, -0.15) is 0 Å². The number of thiazole rings is 1. The van der Waals surface area contributed by atoms with Crippen LogP contribution in [-0.2, 0) is 4.74 Å². The van der Waals surface area contributed by atoms with Crippen LogP contribution in [-0.4, -0.2) is 73.2 Å². The Morgan fingerprint density at radius 2 is 1.89 bits per heavy atom. The molecule has 0 aliphatic carbocycles. The maximum atomic E-state index is 13.8. The fourth-order valence-electron chi connectivity index (χ4n) is 4.71. The number of nitrogens with zero attached hydrogens (tertiary/aromatic N) is 5. The van der Waals surface area contributed by atoms with Crippen LogP contribution in [0.2, 0.25) is 0 Å². The third-order valence-electron chi connectivity index (χ3n) is 6.67. The summed E-state index contributed by atoms with van der Waals surface area (Å²) >= 11 is 4.94. The van der Waals surface area contributed by atoms with Crippen LogP contribution in [0.15, 0.2) is 40.9 Å². The second-order valence-corrected chi connectivity index (χ2v) is 11.0. The molecule has 2 fully saturated rings. The van der Waals surface area contributed by atoms with Crippen molar-refractivity contribution in [3.63, 3.8) is 0 Å². The minimum absolute atomic E-state index is 0.0240. The van der Waals surface area contributed by atoms with Crippen LogP contribution in [0.4, 0.5) is 16.5 Å². The highest BCUT2D eigenvalue weighted by atomic mass is 79.9. The van der Waals surface area contributed by atoms with Gasteiger partial charge in [0.1, 0.15) is 5.69 Å². The first-order valence-corrected chi connectivity index (χ1v) is 13.8. The SMILES string of the molecule is O=C(c1ccc(N2CCCCC2)c([N+](=O)[O-])c1)N(CCN1CCOCC1)c1nc2ccc(Br)cc2s1. The molecule has 1 aromatic heterocycles. The molecule has 11 heteroatoms. The van der Waals surface area contributed by atoms with Gasteiger partial charge in [-0.15, -0.1) is 0 Å². The number of fused-ring (bicyclic) bond motifs is 1. The topological polar surface area (TPSA) is 92.0 Å². The summed E-state index contributed by atoms with van der Waals surface area (Å²) in [5.74, 6) is -0.283. The Hall–Kier alpha value is -2.60. The molecule has 9 nitrogen and oxygen atoms in total. The Kier molecular flexibility index (Phi) is 7.80. The van der Waals surface area contributed by atoms with Crippen LogP contribution in [0.25, 0.3) is 10.2 Å². The number of amides is 1. The zero-order valence-electron chi connectivity index (χ0n) is 19.9. The number of halogens is 1. The van der Waals surface area contributed by atoms with E-state index < -0.39 is 0 Å². The zero-order valence-corrected chi connectivity index (χ0v) is 22.3. The number of piperidine rings is 1. The number of hydrogen-bond donors (Lipinski definition) is 0. The number of morpholine rings is 1. The monoisotopic (exact) mass is 573 g/mol. The standard InChI is InChI=1S/C25H28BrN5O4S/c26-19-5-6-20-23(17-19)36-25(27-20)30(11-10-28-12-14-35-15-13-28)24(32)18-4-7-21(22(16-18)31(33)34)29-8-2-1-3-9-29/h4-7,16-17H,1-3,8-15H2. The third kappa shape index (κ3) is 5.54. The van der Waals surface area contributed by atoms with E-state index in [-0.39, 0.29) is 16.5 Å². The summed E-state index contributed by atoms with van der Waals surface area (Å²) in [5.41, 5.74) is 1.67. The molecule has 3 heterocycles. The Morgan fingerprint density at radius 3 is 2.64 bits per heavy atom. The van der Waals surface area contributed by atoms with Crippen LogP contribution in [0.1, 0.15) is 29.6 Å². The van der Waals surface area contributed by atoms with Crippen molar-refractivity contribution in [2.75, 3.05) is 62.3 Å². The molecule has 0 radical (unpaired) electrons. The first-order chi connectivity index (χ1) is 17.5. The van der Waals surface area contributed by atoms with Crippen molar-refractivity contribution in [2.24, 2.45) is 0 Å². The van der Waals surface area contributed by atoms with Crippen LogP contribution in [0.3, 0.4) is 0 Å². The molecule has 0 saturated carbocycles. The number of nitro benzene ring substituents is 1. The highest BCUT2D eigenvalue weighted by Crippen LogP contribution is 2.34. The van der Waals surface area contributed by atoms with Crippen LogP contribution in [0, 0.1) is 10.1 Å². The summed E-state index contributed by atoms with van der Waals surface area (Å²) in [6.07, 6.45) is 3.17.